The van der Waals surface area contributed by atoms with E-state index in [1.807, 2.05) is 12.1 Å². The first-order valence-electron chi connectivity index (χ1n) is 5.39. The molecule has 0 aliphatic rings. The molecule has 0 aromatic heterocycles. The Balaban J connectivity index is 2.14. The molecule has 2 aromatic carbocycles. The largest absolute Gasteiger partial charge is 0.396 e. The summed E-state index contributed by atoms with van der Waals surface area (Å²) in [6.45, 7) is 0.552. The van der Waals surface area contributed by atoms with Crippen LogP contribution >= 0.6 is 46.4 Å². The standard InChI is InChI=1S/C13H10Cl4N2/c14-8-1-7(2-9(15)3-8)6-19-10-4-11(16)13(18)12(17)5-10/h1-5,19H,6,18H2. The lowest BCUT2D eigenvalue weighted by atomic mass is 10.2. The maximum atomic E-state index is 5.96. The monoisotopic (exact) mass is 334 g/mol. The highest BCUT2D eigenvalue weighted by atomic mass is 35.5. The Morgan fingerprint density at radius 3 is 1.89 bits per heavy atom. The molecular formula is C13H10Cl4N2. The quantitative estimate of drug-likeness (QED) is 0.727. The molecule has 0 radical (unpaired) electrons. The van der Waals surface area contributed by atoms with E-state index in [1.165, 1.54) is 0 Å². The van der Waals surface area contributed by atoms with E-state index < -0.39 is 0 Å². The molecule has 2 rings (SSSR count). The molecule has 19 heavy (non-hydrogen) atoms. The van der Waals surface area contributed by atoms with Crippen molar-refractivity contribution < 1.29 is 0 Å². The predicted molar refractivity (Wildman–Crippen MR) is 84.7 cm³/mol. The molecule has 0 spiro atoms. The smallest absolute Gasteiger partial charge is 0.0694 e. The minimum absolute atomic E-state index is 0.375. The Kier molecular flexibility index (Phi) is 4.69. The normalized spacial score (nSPS) is 10.5. The van der Waals surface area contributed by atoms with E-state index in [0.717, 1.165) is 11.3 Å². The van der Waals surface area contributed by atoms with Gasteiger partial charge >= 0.3 is 0 Å². The number of benzene rings is 2. The summed E-state index contributed by atoms with van der Waals surface area (Å²) < 4.78 is 0. The summed E-state index contributed by atoms with van der Waals surface area (Å²) in [5, 5.41) is 5.20. The number of hydrogen-bond donors (Lipinski definition) is 2. The molecule has 2 nitrogen and oxygen atoms in total. The topological polar surface area (TPSA) is 38.0 Å². The fourth-order valence-corrected chi connectivity index (χ4v) is 2.66. The molecular weight excluding hydrogens is 326 g/mol. The molecule has 3 N–H and O–H groups in total. The molecule has 2 aromatic rings. The van der Waals surface area contributed by atoms with Crippen LogP contribution in [0.2, 0.25) is 20.1 Å². The van der Waals surface area contributed by atoms with Crippen LogP contribution in [0, 0.1) is 0 Å². The maximum Gasteiger partial charge on any atom is 0.0694 e. The summed E-state index contributed by atoms with van der Waals surface area (Å²) in [6, 6.07) is 8.79. The number of anilines is 2. The van der Waals surface area contributed by atoms with Gasteiger partial charge in [-0.3, -0.25) is 0 Å². The molecule has 0 saturated heterocycles. The van der Waals surface area contributed by atoms with Crippen LogP contribution in [0.5, 0.6) is 0 Å². The third kappa shape index (κ3) is 3.83. The number of hydrogen-bond acceptors (Lipinski definition) is 2. The summed E-state index contributed by atoms with van der Waals surface area (Å²) in [6.07, 6.45) is 0. The zero-order valence-electron chi connectivity index (χ0n) is 9.68. The lowest BCUT2D eigenvalue weighted by molar-refractivity contribution is 1.15. The Labute approximate surface area is 131 Å². The van der Waals surface area contributed by atoms with Crippen LogP contribution in [-0.2, 0) is 6.54 Å². The molecule has 0 aliphatic carbocycles. The van der Waals surface area contributed by atoms with E-state index >= 15 is 0 Å². The van der Waals surface area contributed by atoms with Crippen molar-refractivity contribution in [2.24, 2.45) is 0 Å². The summed E-state index contributed by atoms with van der Waals surface area (Å²) in [7, 11) is 0. The van der Waals surface area contributed by atoms with Crippen LogP contribution in [0.1, 0.15) is 5.56 Å². The van der Waals surface area contributed by atoms with Crippen molar-refractivity contribution in [3.05, 3.63) is 56.0 Å². The summed E-state index contributed by atoms with van der Waals surface area (Å²) in [4.78, 5) is 0. The van der Waals surface area contributed by atoms with Crippen molar-refractivity contribution in [3.63, 3.8) is 0 Å². The average Bonchev–Trinajstić information content (AvgIpc) is 2.32. The minimum atomic E-state index is 0.375. The zero-order valence-corrected chi connectivity index (χ0v) is 12.7. The van der Waals surface area contributed by atoms with Crippen LogP contribution in [0.15, 0.2) is 30.3 Å². The molecule has 0 atom stereocenters. The van der Waals surface area contributed by atoms with Gasteiger partial charge in [-0.15, -0.1) is 0 Å². The SMILES string of the molecule is Nc1c(Cl)cc(NCc2cc(Cl)cc(Cl)c2)cc1Cl. The molecule has 0 fully saturated rings. The van der Waals surface area contributed by atoms with E-state index in [2.05, 4.69) is 5.32 Å². The predicted octanol–water partition coefficient (Wildman–Crippen LogP) is 5.49. The van der Waals surface area contributed by atoms with Crippen molar-refractivity contribution in [3.8, 4) is 0 Å². The van der Waals surface area contributed by atoms with Crippen molar-refractivity contribution in [2.75, 3.05) is 11.1 Å². The fraction of sp³-hybridized carbons (Fsp3) is 0.0769. The number of nitrogen functional groups attached to an aromatic ring is 1. The highest BCUT2D eigenvalue weighted by molar-refractivity contribution is 6.39. The second-order valence-corrected chi connectivity index (χ2v) is 5.67. The Morgan fingerprint density at radius 2 is 1.37 bits per heavy atom. The number of nitrogens with two attached hydrogens (primary N) is 1. The minimum Gasteiger partial charge on any atom is -0.396 e. The van der Waals surface area contributed by atoms with Crippen molar-refractivity contribution in [1.82, 2.24) is 0 Å². The van der Waals surface area contributed by atoms with E-state index in [0.29, 0.717) is 32.3 Å². The Hall–Kier alpha value is -0.800. The van der Waals surface area contributed by atoms with Gasteiger partial charge < -0.3 is 11.1 Å². The third-order valence-electron chi connectivity index (χ3n) is 2.50. The van der Waals surface area contributed by atoms with E-state index in [1.54, 1.807) is 18.2 Å². The molecule has 100 valence electrons. The van der Waals surface area contributed by atoms with Crippen molar-refractivity contribution in [2.45, 2.75) is 6.54 Å². The van der Waals surface area contributed by atoms with Gasteiger partial charge in [0.15, 0.2) is 0 Å². The Morgan fingerprint density at radius 1 is 0.842 bits per heavy atom. The number of halogens is 4. The van der Waals surface area contributed by atoms with Crippen LogP contribution in [0.4, 0.5) is 11.4 Å². The van der Waals surface area contributed by atoms with E-state index in [9.17, 15) is 0 Å². The highest BCUT2D eigenvalue weighted by Crippen LogP contribution is 2.31. The molecule has 0 heterocycles. The van der Waals surface area contributed by atoms with Crippen LogP contribution in [0.25, 0.3) is 0 Å². The van der Waals surface area contributed by atoms with Gasteiger partial charge in [0.1, 0.15) is 0 Å². The highest BCUT2D eigenvalue weighted by Gasteiger charge is 2.05. The molecule has 6 heteroatoms. The van der Waals surface area contributed by atoms with Gasteiger partial charge in [-0.25, -0.2) is 0 Å². The second-order valence-electron chi connectivity index (χ2n) is 3.98. The summed E-state index contributed by atoms with van der Waals surface area (Å²) in [5.41, 5.74) is 7.78. The lowest BCUT2D eigenvalue weighted by Crippen LogP contribution is -2.00. The van der Waals surface area contributed by atoms with Gasteiger partial charge in [0.25, 0.3) is 0 Å². The molecule has 0 aliphatic heterocycles. The summed E-state index contributed by atoms with van der Waals surface area (Å²) >= 11 is 23.8. The first-order valence-corrected chi connectivity index (χ1v) is 6.90. The summed E-state index contributed by atoms with van der Waals surface area (Å²) in [5.74, 6) is 0. The first kappa shape index (κ1) is 14.6. The van der Waals surface area contributed by atoms with E-state index in [-0.39, 0.29) is 0 Å². The van der Waals surface area contributed by atoms with Gasteiger partial charge in [0.2, 0.25) is 0 Å². The molecule has 0 amide bonds. The van der Waals surface area contributed by atoms with Crippen molar-refractivity contribution >= 4 is 57.8 Å². The van der Waals surface area contributed by atoms with Crippen LogP contribution in [0.3, 0.4) is 0 Å². The van der Waals surface area contributed by atoms with Gasteiger partial charge in [-0.2, -0.15) is 0 Å². The zero-order chi connectivity index (χ0) is 14.0. The van der Waals surface area contributed by atoms with Crippen LogP contribution in [-0.4, -0.2) is 0 Å². The van der Waals surface area contributed by atoms with Gasteiger partial charge in [-0.05, 0) is 35.9 Å². The van der Waals surface area contributed by atoms with E-state index in [4.69, 9.17) is 52.1 Å². The molecule has 0 saturated carbocycles. The third-order valence-corrected chi connectivity index (χ3v) is 3.56. The van der Waals surface area contributed by atoms with Gasteiger partial charge in [0, 0.05) is 22.3 Å². The Bertz CT molecular complexity index is 570. The van der Waals surface area contributed by atoms with Crippen LogP contribution < -0.4 is 11.1 Å². The second kappa shape index (κ2) is 6.10. The van der Waals surface area contributed by atoms with Gasteiger partial charge in [0.05, 0.1) is 15.7 Å². The molecule has 0 unspecified atom stereocenters. The lowest BCUT2D eigenvalue weighted by Gasteiger charge is -2.10. The first-order chi connectivity index (χ1) is 8.95. The average molecular weight is 336 g/mol. The number of nitrogens with one attached hydrogen (secondary N) is 1. The molecule has 0 bridgehead atoms. The number of rotatable bonds is 3. The van der Waals surface area contributed by atoms with Gasteiger partial charge in [-0.1, -0.05) is 46.4 Å². The maximum absolute atomic E-state index is 5.96. The van der Waals surface area contributed by atoms with Crippen molar-refractivity contribution in [1.29, 1.82) is 0 Å². The fourth-order valence-electron chi connectivity index (χ4n) is 1.60.